The molecule has 26 heavy (non-hydrogen) atoms. The highest BCUT2D eigenvalue weighted by Gasteiger charge is 2.30. The molecular weight excluding hydrogens is 328 g/mol. The van der Waals surface area contributed by atoms with Gasteiger partial charge in [0.05, 0.1) is 11.1 Å². The third kappa shape index (κ3) is 5.19. The third-order valence-electron chi connectivity index (χ3n) is 4.52. The van der Waals surface area contributed by atoms with Gasteiger partial charge in [-0.1, -0.05) is 50.2 Å². The smallest absolute Gasteiger partial charge is 0.338 e. The number of carbonyl (C=O) groups excluding carboxylic acids is 2. The standard InChI is InChI=1S/C22H26O4/c1-4-19(16(3)25-21(23)17-12-8-6-9-13-17)20(5-2)26-22(24)18-14-10-7-11-15-18/h6-16,19-20H,4-5H2,1-3H3. The van der Waals surface area contributed by atoms with Gasteiger partial charge in [0.1, 0.15) is 12.2 Å². The van der Waals surface area contributed by atoms with Crippen LogP contribution in [0.4, 0.5) is 0 Å². The van der Waals surface area contributed by atoms with Crippen LogP contribution in [0, 0.1) is 5.92 Å². The zero-order valence-corrected chi connectivity index (χ0v) is 15.6. The molecule has 138 valence electrons. The Bertz CT molecular complexity index is 697. The lowest BCUT2D eigenvalue weighted by atomic mass is 9.92. The van der Waals surface area contributed by atoms with E-state index in [2.05, 4.69) is 0 Å². The number of hydrogen-bond acceptors (Lipinski definition) is 4. The molecule has 0 aliphatic rings. The van der Waals surface area contributed by atoms with E-state index in [0.717, 1.165) is 6.42 Å². The van der Waals surface area contributed by atoms with Gasteiger partial charge in [-0.3, -0.25) is 0 Å². The van der Waals surface area contributed by atoms with E-state index in [-0.39, 0.29) is 30.1 Å². The maximum absolute atomic E-state index is 12.4. The van der Waals surface area contributed by atoms with Crippen LogP contribution >= 0.6 is 0 Å². The van der Waals surface area contributed by atoms with E-state index in [4.69, 9.17) is 9.47 Å². The minimum absolute atomic E-state index is 0.0691. The highest BCUT2D eigenvalue weighted by atomic mass is 16.6. The van der Waals surface area contributed by atoms with E-state index in [1.54, 1.807) is 48.5 Å². The van der Waals surface area contributed by atoms with Crippen molar-refractivity contribution in [1.29, 1.82) is 0 Å². The molecule has 0 amide bonds. The molecule has 0 spiro atoms. The molecule has 0 bridgehead atoms. The van der Waals surface area contributed by atoms with E-state index >= 15 is 0 Å². The number of esters is 2. The van der Waals surface area contributed by atoms with Crippen LogP contribution in [0.15, 0.2) is 60.7 Å². The van der Waals surface area contributed by atoms with Crippen LogP contribution in [0.1, 0.15) is 54.3 Å². The zero-order valence-electron chi connectivity index (χ0n) is 15.6. The molecule has 0 radical (unpaired) electrons. The van der Waals surface area contributed by atoms with Crippen molar-refractivity contribution in [2.45, 2.75) is 45.8 Å². The van der Waals surface area contributed by atoms with Crippen molar-refractivity contribution in [2.75, 3.05) is 0 Å². The summed E-state index contributed by atoms with van der Waals surface area (Å²) in [6.07, 6.45) is 0.723. The summed E-state index contributed by atoms with van der Waals surface area (Å²) in [6.45, 7) is 5.84. The highest BCUT2D eigenvalue weighted by Crippen LogP contribution is 2.24. The molecule has 0 fully saturated rings. The van der Waals surface area contributed by atoms with E-state index in [1.807, 2.05) is 32.9 Å². The number of hydrogen-bond donors (Lipinski definition) is 0. The monoisotopic (exact) mass is 354 g/mol. The lowest BCUT2D eigenvalue weighted by Gasteiger charge is -2.30. The van der Waals surface area contributed by atoms with Crippen molar-refractivity contribution in [3.63, 3.8) is 0 Å². The second-order valence-corrected chi connectivity index (χ2v) is 6.27. The van der Waals surface area contributed by atoms with Crippen LogP contribution in [0.5, 0.6) is 0 Å². The molecule has 0 heterocycles. The molecule has 3 atom stereocenters. The Morgan fingerprint density at radius 3 is 1.65 bits per heavy atom. The summed E-state index contributed by atoms with van der Waals surface area (Å²) in [5.41, 5.74) is 1.04. The number of benzene rings is 2. The van der Waals surface area contributed by atoms with Crippen molar-refractivity contribution >= 4 is 11.9 Å². The van der Waals surface area contributed by atoms with Crippen LogP contribution in [0.25, 0.3) is 0 Å². The number of rotatable bonds is 8. The SMILES string of the molecule is CCC(OC(=O)c1ccccc1)C(CC)C(C)OC(=O)c1ccccc1. The first-order chi connectivity index (χ1) is 12.6. The third-order valence-corrected chi connectivity index (χ3v) is 4.52. The van der Waals surface area contributed by atoms with E-state index in [1.165, 1.54) is 0 Å². The van der Waals surface area contributed by atoms with Gasteiger partial charge in [-0.25, -0.2) is 9.59 Å². The molecule has 2 rings (SSSR count). The predicted octanol–water partition coefficient (Wildman–Crippen LogP) is 4.89. The van der Waals surface area contributed by atoms with Gasteiger partial charge < -0.3 is 9.47 Å². The quantitative estimate of drug-likeness (QED) is 0.633. The Labute approximate surface area is 155 Å². The van der Waals surface area contributed by atoms with Crippen molar-refractivity contribution in [3.8, 4) is 0 Å². The summed E-state index contributed by atoms with van der Waals surface area (Å²) < 4.78 is 11.3. The topological polar surface area (TPSA) is 52.6 Å². The average molecular weight is 354 g/mol. The van der Waals surface area contributed by atoms with Crippen LogP contribution in [-0.2, 0) is 9.47 Å². The second-order valence-electron chi connectivity index (χ2n) is 6.27. The molecule has 4 nitrogen and oxygen atoms in total. The molecule has 0 saturated heterocycles. The van der Waals surface area contributed by atoms with Crippen LogP contribution in [-0.4, -0.2) is 24.1 Å². The van der Waals surface area contributed by atoms with Crippen LogP contribution in [0.3, 0.4) is 0 Å². The fourth-order valence-electron chi connectivity index (χ4n) is 3.05. The van der Waals surface area contributed by atoms with Crippen molar-refractivity contribution in [1.82, 2.24) is 0 Å². The average Bonchev–Trinajstić information content (AvgIpc) is 2.68. The van der Waals surface area contributed by atoms with E-state index in [0.29, 0.717) is 17.5 Å². The van der Waals surface area contributed by atoms with Crippen molar-refractivity contribution in [3.05, 3.63) is 71.8 Å². The summed E-state index contributed by atoms with van der Waals surface area (Å²) in [4.78, 5) is 24.7. The van der Waals surface area contributed by atoms with E-state index in [9.17, 15) is 9.59 Å². The zero-order chi connectivity index (χ0) is 18.9. The Kier molecular flexibility index (Phi) is 7.39. The van der Waals surface area contributed by atoms with Gasteiger partial charge in [0, 0.05) is 5.92 Å². The fraction of sp³-hybridized carbons (Fsp3) is 0.364. The Balaban J connectivity index is 2.03. The summed E-state index contributed by atoms with van der Waals surface area (Å²) in [5, 5.41) is 0. The minimum Gasteiger partial charge on any atom is -0.459 e. The van der Waals surface area contributed by atoms with Crippen LogP contribution in [0.2, 0.25) is 0 Å². The second kappa shape index (κ2) is 9.76. The van der Waals surface area contributed by atoms with Gasteiger partial charge in [-0.2, -0.15) is 0 Å². The maximum Gasteiger partial charge on any atom is 0.338 e. The van der Waals surface area contributed by atoms with Crippen LogP contribution < -0.4 is 0 Å². The number of carbonyl (C=O) groups is 2. The van der Waals surface area contributed by atoms with Gasteiger partial charge in [0.15, 0.2) is 0 Å². The Morgan fingerprint density at radius 2 is 1.23 bits per heavy atom. The lowest BCUT2D eigenvalue weighted by Crippen LogP contribution is -2.35. The molecule has 3 unspecified atom stereocenters. The maximum atomic E-state index is 12.4. The molecule has 0 saturated carbocycles. The largest absolute Gasteiger partial charge is 0.459 e. The summed E-state index contributed by atoms with van der Waals surface area (Å²) in [7, 11) is 0. The highest BCUT2D eigenvalue weighted by molar-refractivity contribution is 5.90. The molecule has 0 aliphatic heterocycles. The Morgan fingerprint density at radius 1 is 0.769 bits per heavy atom. The summed E-state index contributed by atoms with van der Waals surface area (Å²) in [5.74, 6) is -0.779. The Hall–Kier alpha value is -2.62. The first-order valence-corrected chi connectivity index (χ1v) is 9.08. The first kappa shape index (κ1) is 19.7. The minimum atomic E-state index is -0.360. The van der Waals surface area contributed by atoms with Crippen molar-refractivity contribution < 1.29 is 19.1 Å². The van der Waals surface area contributed by atoms with Crippen molar-refractivity contribution in [2.24, 2.45) is 5.92 Å². The normalized spacial score (nSPS) is 14.1. The number of ether oxygens (including phenoxy) is 2. The predicted molar refractivity (Wildman–Crippen MR) is 101 cm³/mol. The molecule has 0 N–H and O–H groups in total. The van der Waals surface area contributed by atoms with Gasteiger partial charge >= 0.3 is 11.9 Å². The van der Waals surface area contributed by atoms with Gasteiger partial charge in [0.2, 0.25) is 0 Å². The molecule has 0 aromatic heterocycles. The van der Waals surface area contributed by atoms with Gasteiger partial charge in [-0.05, 0) is 44.0 Å². The van der Waals surface area contributed by atoms with E-state index < -0.39 is 0 Å². The summed E-state index contributed by atoms with van der Waals surface area (Å²) >= 11 is 0. The summed E-state index contributed by atoms with van der Waals surface area (Å²) in [6, 6.07) is 17.8. The first-order valence-electron chi connectivity index (χ1n) is 9.08. The van der Waals surface area contributed by atoms with Gasteiger partial charge in [-0.15, -0.1) is 0 Å². The molecule has 0 aliphatic carbocycles. The molecule has 4 heteroatoms. The molecule has 2 aromatic rings. The molecule has 2 aromatic carbocycles. The molecular formula is C22H26O4. The van der Waals surface area contributed by atoms with Gasteiger partial charge in [0.25, 0.3) is 0 Å². The lowest BCUT2D eigenvalue weighted by molar-refractivity contribution is -0.0298. The fourth-order valence-corrected chi connectivity index (χ4v) is 3.05.